The van der Waals surface area contributed by atoms with Crippen molar-refractivity contribution in [1.82, 2.24) is 4.72 Å². The number of anilines is 1. The van der Waals surface area contributed by atoms with Crippen molar-refractivity contribution in [1.29, 1.82) is 0 Å². The van der Waals surface area contributed by atoms with Crippen molar-refractivity contribution >= 4 is 27.5 Å². The molecule has 0 spiro atoms. The fourth-order valence-electron chi connectivity index (χ4n) is 4.15. The van der Waals surface area contributed by atoms with Crippen molar-refractivity contribution in [2.75, 3.05) is 5.32 Å². The molecule has 4 rings (SSSR count). The van der Waals surface area contributed by atoms with E-state index >= 15 is 0 Å². The van der Waals surface area contributed by atoms with Crippen LogP contribution >= 0.6 is 0 Å². The number of sulfonamides is 1. The van der Waals surface area contributed by atoms with E-state index in [-0.39, 0.29) is 34.7 Å². The highest BCUT2D eigenvalue weighted by Gasteiger charge is 2.55. The average Bonchev–Trinajstić information content (AvgIpc) is 3.40. The second-order valence-electron chi connectivity index (χ2n) is 8.26. The molecule has 2 aromatic carbocycles. The van der Waals surface area contributed by atoms with Crippen LogP contribution in [0.4, 0.5) is 5.69 Å². The first-order chi connectivity index (χ1) is 14.2. The van der Waals surface area contributed by atoms with Crippen LogP contribution in [-0.2, 0) is 26.0 Å². The molecule has 0 bridgehead atoms. The molecule has 1 saturated carbocycles. The summed E-state index contributed by atoms with van der Waals surface area (Å²) >= 11 is 0. The maximum Gasteiger partial charge on any atom is 0.266 e. The molecule has 2 aliphatic rings. The van der Waals surface area contributed by atoms with Gasteiger partial charge in [-0.1, -0.05) is 55.5 Å². The Bertz CT molecular complexity index is 1130. The van der Waals surface area contributed by atoms with Gasteiger partial charge in [-0.3, -0.25) is 9.59 Å². The number of para-hydroxylation sites is 1. The van der Waals surface area contributed by atoms with E-state index in [2.05, 4.69) is 16.6 Å². The molecule has 1 aliphatic carbocycles. The molecule has 7 heteroatoms. The van der Waals surface area contributed by atoms with Gasteiger partial charge in [-0.2, -0.15) is 0 Å². The number of nitrogens with one attached hydrogen (secondary N) is 2. The van der Waals surface area contributed by atoms with Gasteiger partial charge in [-0.05, 0) is 41.9 Å². The molecule has 2 N–H and O–H groups in total. The highest BCUT2D eigenvalue weighted by Crippen LogP contribution is 2.53. The molecule has 2 amide bonds. The molecule has 0 saturated heterocycles. The van der Waals surface area contributed by atoms with Gasteiger partial charge in [0, 0.05) is 6.42 Å². The Balaban J connectivity index is 1.66. The summed E-state index contributed by atoms with van der Waals surface area (Å²) in [5.74, 6) is -0.966. The van der Waals surface area contributed by atoms with Crippen LogP contribution in [0.25, 0.3) is 0 Å². The van der Waals surface area contributed by atoms with E-state index in [0.717, 1.165) is 11.1 Å². The van der Waals surface area contributed by atoms with Gasteiger partial charge in [0.05, 0.1) is 11.1 Å². The van der Waals surface area contributed by atoms with Gasteiger partial charge in [0.2, 0.25) is 11.8 Å². The fraction of sp³-hybridized carbons (Fsp3) is 0.304. The third kappa shape index (κ3) is 3.65. The quantitative estimate of drug-likeness (QED) is 0.696. The minimum Gasteiger partial charge on any atom is -0.325 e. The minimum absolute atomic E-state index is 0.0349. The molecule has 1 aliphatic heterocycles. The molecule has 1 heterocycles. The molecule has 156 valence electrons. The molecule has 1 unspecified atom stereocenters. The van der Waals surface area contributed by atoms with E-state index in [1.807, 2.05) is 36.4 Å². The van der Waals surface area contributed by atoms with Gasteiger partial charge >= 0.3 is 0 Å². The van der Waals surface area contributed by atoms with Gasteiger partial charge in [0.15, 0.2) is 0 Å². The Morgan fingerprint density at radius 2 is 1.97 bits per heavy atom. The lowest BCUT2D eigenvalue weighted by Crippen LogP contribution is -2.37. The highest BCUT2D eigenvalue weighted by atomic mass is 32.2. The van der Waals surface area contributed by atoms with Crippen molar-refractivity contribution in [3.8, 4) is 0 Å². The summed E-state index contributed by atoms with van der Waals surface area (Å²) < 4.78 is 28.3. The summed E-state index contributed by atoms with van der Waals surface area (Å²) in [7, 11) is -4.14. The molecule has 0 aromatic heterocycles. The standard InChI is InChI=1S/C23H24N2O4S/c1-3-17-14-23(17,2)22(27)25-30(28,29)19-11-7-10-18-16(13-20(26)24-21(18)19)12-15-8-5-4-6-9-15/h3-11,16-17H,1,12-14H2,2H3,(H,24,26)(H,25,27)/t16?,17-,23+/m1/s1. The second kappa shape index (κ2) is 7.40. The number of rotatable bonds is 6. The molecule has 0 radical (unpaired) electrons. The Kier molecular flexibility index (Phi) is 5.02. The third-order valence-electron chi connectivity index (χ3n) is 6.14. The topological polar surface area (TPSA) is 92.3 Å². The van der Waals surface area contributed by atoms with Gasteiger partial charge in [-0.15, -0.1) is 6.58 Å². The molecule has 3 atom stereocenters. The van der Waals surface area contributed by atoms with Crippen molar-refractivity contribution in [3.63, 3.8) is 0 Å². The van der Waals surface area contributed by atoms with E-state index in [4.69, 9.17) is 0 Å². The van der Waals surface area contributed by atoms with Gasteiger partial charge in [-0.25, -0.2) is 13.1 Å². The molecule has 6 nitrogen and oxygen atoms in total. The van der Waals surface area contributed by atoms with E-state index in [0.29, 0.717) is 12.8 Å². The number of carbonyl (C=O) groups is 2. The number of benzene rings is 2. The van der Waals surface area contributed by atoms with Crippen molar-refractivity contribution < 1.29 is 18.0 Å². The normalized spacial score (nSPS) is 25.0. The minimum atomic E-state index is -4.14. The van der Waals surface area contributed by atoms with Crippen LogP contribution in [0.15, 0.2) is 66.1 Å². The zero-order chi connectivity index (χ0) is 21.5. The Morgan fingerprint density at radius 1 is 1.23 bits per heavy atom. The lowest BCUT2D eigenvalue weighted by Gasteiger charge is -2.27. The number of allylic oxidation sites excluding steroid dienone is 1. The zero-order valence-electron chi connectivity index (χ0n) is 16.7. The Labute approximate surface area is 176 Å². The maximum atomic E-state index is 13.0. The van der Waals surface area contributed by atoms with E-state index < -0.39 is 21.3 Å². The van der Waals surface area contributed by atoms with Crippen molar-refractivity contribution in [2.24, 2.45) is 11.3 Å². The first-order valence-corrected chi connectivity index (χ1v) is 11.4. The first kappa shape index (κ1) is 20.3. The van der Waals surface area contributed by atoms with Crippen LogP contribution in [0.1, 0.15) is 36.8 Å². The molecular formula is C23H24N2O4S. The largest absolute Gasteiger partial charge is 0.325 e. The van der Waals surface area contributed by atoms with Crippen LogP contribution in [0.2, 0.25) is 0 Å². The summed E-state index contributed by atoms with van der Waals surface area (Å²) in [4.78, 5) is 24.9. The number of amides is 2. The number of hydrogen-bond acceptors (Lipinski definition) is 4. The number of carbonyl (C=O) groups excluding carboxylic acids is 2. The summed E-state index contributed by atoms with van der Waals surface area (Å²) in [5, 5.41) is 2.71. The van der Waals surface area contributed by atoms with E-state index in [1.54, 1.807) is 19.1 Å². The van der Waals surface area contributed by atoms with Crippen molar-refractivity contribution in [3.05, 3.63) is 72.3 Å². The third-order valence-corrected chi connectivity index (χ3v) is 7.51. The first-order valence-electron chi connectivity index (χ1n) is 9.91. The van der Waals surface area contributed by atoms with E-state index in [1.165, 1.54) is 6.07 Å². The zero-order valence-corrected chi connectivity index (χ0v) is 17.5. The summed E-state index contributed by atoms with van der Waals surface area (Å²) in [6.07, 6.45) is 3.14. The van der Waals surface area contributed by atoms with E-state index in [9.17, 15) is 18.0 Å². The predicted octanol–water partition coefficient (Wildman–Crippen LogP) is 3.37. The van der Waals surface area contributed by atoms with Crippen LogP contribution in [0.5, 0.6) is 0 Å². The molecular weight excluding hydrogens is 400 g/mol. The Morgan fingerprint density at radius 3 is 2.63 bits per heavy atom. The molecule has 2 aromatic rings. The van der Waals surface area contributed by atoms with Crippen LogP contribution in [0.3, 0.4) is 0 Å². The van der Waals surface area contributed by atoms with Crippen molar-refractivity contribution in [2.45, 2.75) is 37.0 Å². The lowest BCUT2D eigenvalue weighted by molar-refractivity contribution is -0.124. The number of hydrogen-bond donors (Lipinski definition) is 2. The fourth-order valence-corrected chi connectivity index (χ4v) is 5.43. The SMILES string of the molecule is C=C[C@@H]1C[C@]1(C)C(=O)NS(=O)(=O)c1cccc2c1NC(=O)CC2Cc1ccccc1. The van der Waals surface area contributed by atoms with Gasteiger partial charge in [0.1, 0.15) is 4.90 Å². The monoisotopic (exact) mass is 424 g/mol. The second-order valence-corrected chi connectivity index (χ2v) is 9.91. The lowest BCUT2D eigenvalue weighted by atomic mass is 9.85. The summed E-state index contributed by atoms with van der Waals surface area (Å²) in [5.41, 5.74) is 1.33. The molecule has 30 heavy (non-hydrogen) atoms. The smallest absolute Gasteiger partial charge is 0.266 e. The average molecular weight is 425 g/mol. The Hall–Kier alpha value is -2.93. The van der Waals surface area contributed by atoms with Crippen LogP contribution in [0, 0.1) is 11.3 Å². The maximum absolute atomic E-state index is 13.0. The van der Waals surface area contributed by atoms with Gasteiger partial charge in [0.25, 0.3) is 10.0 Å². The van der Waals surface area contributed by atoms with Gasteiger partial charge < -0.3 is 5.32 Å². The molecule has 1 fully saturated rings. The van der Waals surface area contributed by atoms with Crippen LogP contribution < -0.4 is 10.0 Å². The predicted molar refractivity (Wildman–Crippen MR) is 114 cm³/mol. The number of fused-ring (bicyclic) bond motifs is 1. The summed E-state index contributed by atoms with van der Waals surface area (Å²) in [6, 6.07) is 14.7. The highest BCUT2D eigenvalue weighted by molar-refractivity contribution is 7.90. The summed E-state index contributed by atoms with van der Waals surface area (Å²) in [6.45, 7) is 5.41. The van der Waals surface area contributed by atoms with Crippen LogP contribution in [-0.4, -0.2) is 20.2 Å².